The molecule has 1 aliphatic heterocycles. The van der Waals surface area contributed by atoms with Crippen LogP contribution in [0.1, 0.15) is 19.8 Å². The number of piperidine rings is 1. The average molecular weight is 357 g/mol. The van der Waals surface area contributed by atoms with E-state index in [4.69, 9.17) is 21.1 Å². The van der Waals surface area contributed by atoms with E-state index in [0.29, 0.717) is 36.2 Å². The molecule has 0 aromatic heterocycles. The van der Waals surface area contributed by atoms with E-state index in [1.165, 1.54) is 0 Å². The van der Waals surface area contributed by atoms with E-state index >= 15 is 0 Å². The molecule has 0 saturated carbocycles. The summed E-state index contributed by atoms with van der Waals surface area (Å²) in [6.07, 6.45) is 1.94. The van der Waals surface area contributed by atoms with E-state index in [9.17, 15) is 9.90 Å². The Balaban J connectivity index is 2.11. The van der Waals surface area contributed by atoms with Crippen molar-refractivity contribution in [1.29, 1.82) is 0 Å². The van der Waals surface area contributed by atoms with Crippen LogP contribution in [0.5, 0.6) is 5.75 Å². The van der Waals surface area contributed by atoms with Gasteiger partial charge in [-0.2, -0.15) is 0 Å². The minimum Gasteiger partial charge on any atom is -0.487 e. The standard InChI is InChI=1S/C17H25ClN2O4/c1-12-5-4-8-20(15(12)11-21)17(22)19-14-7-3-6-13(18)16(14)24-10-9-23-2/h3,6-7,12,15,21H,4-5,8-11H2,1-2H3,(H,19,22)/t12-,15-/m1/s1. The molecule has 1 saturated heterocycles. The van der Waals surface area contributed by atoms with Gasteiger partial charge < -0.3 is 24.8 Å². The van der Waals surface area contributed by atoms with Gasteiger partial charge in [0.2, 0.25) is 0 Å². The number of nitrogens with one attached hydrogen (secondary N) is 1. The second-order valence-corrected chi connectivity index (χ2v) is 6.36. The van der Waals surface area contributed by atoms with Gasteiger partial charge in [-0.25, -0.2) is 4.79 Å². The van der Waals surface area contributed by atoms with Crippen LogP contribution >= 0.6 is 11.6 Å². The highest BCUT2D eigenvalue weighted by atomic mass is 35.5. The number of amides is 2. The highest BCUT2D eigenvalue weighted by Crippen LogP contribution is 2.33. The van der Waals surface area contributed by atoms with Gasteiger partial charge in [0.1, 0.15) is 6.61 Å². The number of ether oxygens (including phenoxy) is 2. The predicted octanol–water partition coefficient (Wildman–Crippen LogP) is 2.99. The number of carbonyl (C=O) groups is 1. The maximum absolute atomic E-state index is 12.7. The van der Waals surface area contributed by atoms with Gasteiger partial charge in [-0.1, -0.05) is 24.6 Å². The molecule has 2 N–H and O–H groups in total. The van der Waals surface area contributed by atoms with Crippen LogP contribution < -0.4 is 10.1 Å². The zero-order chi connectivity index (χ0) is 17.5. The molecule has 2 rings (SSSR count). The quantitative estimate of drug-likeness (QED) is 0.769. The molecule has 1 heterocycles. The first-order chi connectivity index (χ1) is 11.6. The summed E-state index contributed by atoms with van der Waals surface area (Å²) in [7, 11) is 1.59. The molecule has 7 heteroatoms. The molecule has 24 heavy (non-hydrogen) atoms. The largest absolute Gasteiger partial charge is 0.487 e. The van der Waals surface area contributed by atoms with E-state index < -0.39 is 0 Å². The van der Waals surface area contributed by atoms with Crippen molar-refractivity contribution in [1.82, 2.24) is 4.90 Å². The highest BCUT2D eigenvalue weighted by Gasteiger charge is 2.31. The van der Waals surface area contributed by atoms with Crippen molar-refractivity contribution in [3.05, 3.63) is 23.2 Å². The van der Waals surface area contributed by atoms with Crippen LogP contribution in [0.2, 0.25) is 5.02 Å². The molecule has 6 nitrogen and oxygen atoms in total. The number of benzene rings is 1. The van der Waals surface area contributed by atoms with Gasteiger partial charge in [0.05, 0.1) is 30.0 Å². The minimum absolute atomic E-state index is 0.0403. The first kappa shape index (κ1) is 18.8. The number of carbonyl (C=O) groups excluding carboxylic acids is 1. The van der Waals surface area contributed by atoms with Crippen LogP contribution in [0.4, 0.5) is 10.5 Å². The number of urea groups is 1. The number of rotatable bonds is 6. The molecule has 1 aromatic rings. The number of hydrogen-bond donors (Lipinski definition) is 2. The smallest absolute Gasteiger partial charge is 0.322 e. The molecule has 0 unspecified atom stereocenters. The summed E-state index contributed by atoms with van der Waals surface area (Å²) < 4.78 is 10.6. The predicted molar refractivity (Wildman–Crippen MR) is 93.8 cm³/mol. The van der Waals surface area contributed by atoms with Gasteiger partial charge in [-0.3, -0.25) is 0 Å². The molecule has 134 valence electrons. The Kier molecular flexibility index (Phi) is 7.15. The van der Waals surface area contributed by atoms with E-state index in [1.807, 2.05) is 0 Å². The fourth-order valence-electron chi connectivity index (χ4n) is 2.95. The van der Waals surface area contributed by atoms with Crippen molar-refractivity contribution in [3.63, 3.8) is 0 Å². The number of para-hydroxylation sites is 1. The Hall–Kier alpha value is -1.50. The van der Waals surface area contributed by atoms with Crippen molar-refractivity contribution in [2.45, 2.75) is 25.8 Å². The van der Waals surface area contributed by atoms with Crippen LogP contribution in [-0.2, 0) is 4.74 Å². The fraction of sp³-hybridized carbons (Fsp3) is 0.588. The molecule has 0 spiro atoms. The topological polar surface area (TPSA) is 71.0 Å². The van der Waals surface area contributed by atoms with E-state index in [1.54, 1.807) is 30.2 Å². The monoisotopic (exact) mass is 356 g/mol. The van der Waals surface area contributed by atoms with E-state index in [0.717, 1.165) is 12.8 Å². The highest BCUT2D eigenvalue weighted by molar-refractivity contribution is 6.32. The van der Waals surface area contributed by atoms with Gasteiger partial charge in [0.15, 0.2) is 5.75 Å². The molecule has 2 atom stereocenters. The number of hydrogen-bond acceptors (Lipinski definition) is 4. The van der Waals surface area contributed by atoms with E-state index in [2.05, 4.69) is 12.2 Å². The third-order valence-corrected chi connectivity index (χ3v) is 4.60. The van der Waals surface area contributed by atoms with Crippen LogP contribution in [0.15, 0.2) is 18.2 Å². The van der Waals surface area contributed by atoms with Crippen molar-refractivity contribution in [2.24, 2.45) is 5.92 Å². The summed E-state index contributed by atoms with van der Waals surface area (Å²) in [6.45, 7) is 3.40. The number of methoxy groups -OCH3 is 1. The summed E-state index contributed by atoms with van der Waals surface area (Å²) in [6, 6.07) is 4.78. The molecule has 0 aliphatic carbocycles. The molecular formula is C17H25ClN2O4. The summed E-state index contributed by atoms with van der Waals surface area (Å²) >= 11 is 6.19. The maximum atomic E-state index is 12.7. The van der Waals surface area contributed by atoms with Crippen LogP contribution in [0.3, 0.4) is 0 Å². The Morgan fingerprint density at radius 1 is 1.46 bits per heavy atom. The molecule has 1 aliphatic rings. The zero-order valence-electron chi connectivity index (χ0n) is 14.1. The SMILES string of the molecule is COCCOc1c(Cl)cccc1NC(=O)N1CCC[C@@H](C)[C@H]1CO. The van der Waals surface area contributed by atoms with Crippen LogP contribution in [-0.4, -0.2) is 55.6 Å². The Bertz CT molecular complexity index is 555. The van der Waals surface area contributed by atoms with Gasteiger partial charge in [0, 0.05) is 13.7 Å². The summed E-state index contributed by atoms with van der Waals surface area (Å²) in [4.78, 5) is 14.3. The third-order valence-electron chi connectivity index (χ3n) is 4.31. The number of nitrogens with zero attached hydrogens (tertiary/aromatic N) is 1. The third kappa shape index (κ3) is 4.53. The lowest BCUT2D eigenvalue weighted by Crippen LogP contribution is -2.51. The Labute approximate surface area is 147 Å². The second kappa shape index (κ2) is 9.11. The molecular weight excluding hydrogens is 332 g/mol. The molecule has 0 radical (unpaired) electrons. The molecule has 1 aromatic carbocycles. The summed E-state index contributed by atoms with van der Waals surface area (Å²) in [5, 5.41) is 12.9. The zero-order valence-corrected chi connectivity index (χ0v) is 14.9. The van der Waals surface area contributed by atoms with Crippen molar-refractivity contribution in [2.75, 3.05) is 38.8 Å². The lowest BCUT2D eigenvalue weighted by atomic mass is 9.91. The molecule has 2 amide bonds. The van der Waals surface area contributed by atoms with Crippen molar-refractivity contribution < 1.29 is 19.4 Å². The number of anilines is 1. The lowest BCUT2D eigenvalue weighted by molar-refractivity contribution is 0.0811. The Morgan fingerprint density at radius 2 is 2.25 bits per heavy atom. The van der Waals surface area contributed by atoms with Gasteiger partial charge in [-0.15, -0.1) is 0 Å². The molecule has 1 fully saturated rings. The fourth-order valence-corrected chi connectivity index (χ4v) is 3.18. The number of aliphatic hydroxyl groups excluding tert-OH is 1. The second-order valence-electron chi connectivity index (χ2n) is 5.95. The van der Waals surface area contributed by atoms with Crippen molar-refractivity contribution in [3.8, 4) is 5.75 Å². The Morgan fingerprint density at radius 3 is 2.96 bits per heavy atom. The minimum atomic E-state index is -0.251. The lowest BCUT2D eigenvalue weighted by Gasteiger charge is -2.39. The molecule has 0 bridgehead atoms. The number of halogens is 1. The average Bonchev–Trinajstić information content (AvgIpc) is 2.57. The van der Waals surface area contributed by atoms with E-state index in [-0.39, 0.29) is 24.6 Å². The normalized spacial score (nSPS) is 20.8. The first-order valence-electron chi connectivity index (χ1n) is 8.17. The summed E-state index contributed by atoms with van der Waals surface area (Å²) in [5.41, 5.74) is 0.513. The van der Waals surface area contributed by atoms with Gasteiger partial charge in [0.25, 0.3) is 0 Å². The van der Waals surface area contributed by atoms with Gasteiger partial charge >= 0.3 is 6.03 Å². The summed E-state index contributed by atoms with van der Waals surface area (Å²) in [5.74, 6) is 0.696. The van der Waals surface area contributed by atoms with Crippen molar-refractivity contribution >= 4 is 23.3 Å². The number of aliphatic hydroxyl groups is 1. The number of likely N-dealkylation sites (tertiary alicyclic amines) is 1. The first-order valence-corrected chi connectivity index (χ1v) is 8.55. The van der Waals surface area contributed by atoms with Crippen LogP contribution in [0.25, 0.3) is 0 Å². The van der Waals surface area contributed by atoms with Crippen LogP contribution in [0, 0.1) is 5.92 Å². The maximum Gasteiger partial charge on any atom is 0.322 e. The van der Waals surface area contributed by atoms with Gasteiger partial charge in [-0.05, 0) is 30.9 Å².